The third-order valence-corrected chi connectivity index (χ3v) is 3.40. The number of halogens is 1. The fourth-order valence-corrected chi connectivity index (χ4v) is 2.14. The first kappa shape index (κ1) is 18.3. The average molecular weight is 363 g/mol. The van der Waals surface area contributed by atoms with Crippen molar-refractivity contribution in [3.05, 3.63) is 58.6 Å². The molecule has 0 atom stereocenters. The quantitative estimate of drug-likeness (QED) is 0.766. The number of nitrogens with two attached hydrogens (primary N) is 1. The summed E-state index contributed by atoms with van der Waals surface area (Å²) in [7, 11) is 1.41. The van der Waals surface area contributed by atoms with Crippen LogP contribution in [-0.2, 0) is 9.53 Å². The molecule has 25 heavy (non-hydrogen) atoms. The summed E-state index contributed by atoms with van der Waals surface area (Å²) in [5, 5.41) is 2.87. The van der Waals surface area contributed by atoms with Gasteiger partial charge in [-0.15, -0.1) is 0 Å². The van der Waals surface area contributed by atoms with E-state index in [0.29, 0.717) is 16.3 Å². The SMILES string of the molecule is COc1ccc(Cl)cc1C(=O)OCC(=O)Nc1ccc(C(N)=O)cc1. The molecule has 0 bridgehead atoms. The fraction of sp³-hybridized carbons (Fsp3) is 0.118. The number of hydrogen-bond donors (Lipinski definition) is 2. The Kier molecular flexibility index (Phi) is 5.97. The van der Waals surface area contributed by atoms with Crippen LogP contribution in [-0.4, -0.2) is 31.5 Å². The molecule has 0 aromatic heterocycles. The number of amides is 2. The Labute approximate surface area is 148 Å². The zero-order valence-corrected chi connectivity index (χ0v) is 14.0. The minimum atomic E-state index is -0.737. The van der Waals surface area contributed by atoms with Crippen molar-refractivity contribution >= 4 is 35.1 Å². The van der Waals surface area contributed by atoms with Crippen molar-refractivity contribution in [3.63, 3.8) is 0 Å². The van der Waals surface area contributed by atoms with E-state index in [-0.39, 0.29) is 11.3 Å². The summed E-state index contributed by atoms with van der Waals surface area (Å²) in [5.74, 6) is -1.56. The van der Waals surface area contributed by atoms with E-state index in [1.165, 1.54) is 43.5 Å². The van der Waals surface area contributed by atoms with Gasteiger partial charge in [0.25, 0.3) is 5.91 Å². The highest BCUT2D eigenvalue weighted by atomic mass is 35.5. The Morgan fingerprint density at radius 2 is 1.80 bits per heavy atom. The van der Waals surface area contributed by atoms with Gasteiger partial charge in [0.05, 0.1) is 7.11 Å². The van der Waals surface area contributed by atoms with E-state index < -0.39 is 24.4 Å². The van der Waals surface area contributed by atoms with Crippen LogP contribution in [0, 0.1) is 0 Å². The summed E-state index contributed by atoms with van der Waals surface area (Å²) in [6.07, 6.45) is 0. The van der Waals surface area contributed by atoms with Gasteiger partial charge in [-0.1, -0.05) is 11.6 Å². The third-order valence-electron chi connectivity index (χ3n) is 3.17. The molecule has 0 aliphatic heterocycles. The van der Waals surface area contributed by atoms with Gasteiger partial charge < -0.3 is 20.5 Å². The van der Waals surface area contributed by atoms with Crippen molar-refractivity contribution in [2.24, 2.45) is 5.73 Å². The van der Waals surface area contributed by atoms with Crippen LogP contribution >= 0.6 is 11.6 Å². The van der Waals surface area contributed by atoms with Gasteiger partial charge in [-0.25, -0.2) is 4.79 Å². The number of primary amides is 1. The maximum Gasteiger partial charge on any atom is 0.342 e. The number of nitrogens with one attached hydrogen (secondary N) is 1. The molecule has 0 spiro atoms. The molecule has 0 aliphatic carbocycles. The van der Waals surface area contributed by atoms with Gasteiger partial charge in [-0.2, -0.15) is 0 Å². The lowest BCUT2D eigenvalue weighted by molar-refractivity contribution is -0.119. The highest BCUT2D eigenvalue weighted by Crippen LogP contribution is 2.23. The highest BCUT2D eigenvalue weighted by Gasteiger charge is 2.16. The van der Waals surface area contributed by atoms with E-state index in [4.69, 9.17) is 26.8 Å². The van der Waals surface area contributed by atoms with E-state index in [1.54, 1.807) is 6.07 Å². The van der Waals surface area contributed by atoms with Crippen LogP contribution in [0.5, 0.6) is 5.75 Å². The number of carbonyl (C=O) groups is 3. The number of anilines is 1. The molecule has 2 amide bonds. The number of ether oxygens (including phenoxy) is 2. The van der Waals surface area contributed by atoms with Crippen LogP contribution in [0.1, 0.15) is 20.7 Å². The lowest BCUT2D eigenvalue weighted by Gasteiger charge is -2.09. The van der Waals surface area contributed by atoms with Crippen LogP contribution in [0.4, 0.5) is 5.69 Å². The van der Waals surface area contributed by atoms with E-state index in [1.807, 2.05) is 0 Å². The second-order valence-corrected chi connectivity index (χ2v) is 5.35. The Hall–Kier alpha value is -3.06. The summed E-state index contributed by atoms with van der Waals surface area (Å²) in [4.78, 5) is 34.9. The van der Waals surface area contributed by atoms with Gasteiger partial charge in [-0.3, -0.25) is 9.59 Å². The number of esters is 1. The van der Waals surface area contributed by atoms with Gasteiger partial charge in [0.2, 0.25) is 5.91 Å². The zero-order chi connectivity index (χ0) is 18.4. The van der Waals surface area contributed by atoms with Crippen molar-refractivity contribution in [3.8, 4) is 5.75 Å². The van der Waals surface area contributed by atoms with Crippen molar-refractivity contribution in [1.82, 2.24) is 0 Å². The minimum Gasteiger partial charge on any atom is -0.496 e. The molecule has 2 rings (SSSR count). The van der Waals surface area contributed by atoms with Crippen LogP contribution in [0.2, 0.25) is 5.02 Å². The number of carbonyl (C=O) groups excluding carboxylic acids is 3. The van der Waals surface area contributed by atoms with Crippen LogP contribution in [0.15, 0.2) is 42.5 Å². The molecule has 2 aromatic rings. The Balaban J connectivity index is 1.94. The average Bonchev–Trinajstić information content (AvgIpc) is 2.60. The van der Waals surface area contributed by atoms with E-state index >= 15 is 0 Å². The van der Waals surface area contributed by atoms with Crippen LogP contribution in [0.3, 0.4) is 0 Å². The topological polar surface area (TPSA) is 108 Å². The number of benzene rings is 2. The summed E-state index contributed by atoms with van der Waals surface area (Å²) in [6.45, 7) is -0.494. The largest absolute Gasteiger partial charge is 0.496 e. The van der Waals surface area contributed by atoms with Gasteiger partial charge in [0.1, 0.15) is 11.3 Å². The second kappa shape index (κ2) is 8.16. The molecule has 0 fully saturated rings. The molecule has 0 radical (unpaired) electrons. The highest BCUT2D eigenvalue weighted by molar-refractivity contribution is 6.31. The number of rotatable bonds is 6. The monoisotopic (exact) mass is 362 g/mol. The number of methoxy groups -OCH3 is 1. The van der Waals surface area contributed by atoms with Gasteiger partial charge in [0.15, 0.2) is 6.61 Å². The Bertz CT molecular complexity index is 805. The first-order valence-electron chi connectivity index (χ1n) is 7.11. The molecule has 2 aromatic carbocycles. The first-order valence-corrected chi connectivity index (χ1v) is 7.49. The van der Waals surface area contributed by atoms with Crippen LogP contribution in [0.25, 0.3) is 0 Å². The second-order valence-electron chi connectivity index (χ2n) is 4.91. The first-order chi connectivity index (χ1) is 11.9. The Morgan fingerprint density at radius 1 is 1.12 bits per heavy atom. The van der Waals surface area contributed by atoms with Crippen molar-refractivity contribution in [1.29, 1.82) is 0 Å². The predicted molar refractivity (Wildman–Crippen MR) is 91.9 cm³/mol. The van der Waals surface area contributed by atoms with Crippen LogP contribution < -0.4 is 15.8 Å². The van der Waals surface area contributed by atoms with Crippen molar-refractivity contribution < 1.29 is 23.9 Å². The smallest absolute Gasteiger partial charge is 0.342 e. The summed E-state index contributed by atoms with van der Waals surface area (Å²) in [6, 6.07) is 10.5. The van der Waals surface area contributed by atoms with E-state index in [9.17, 15) is 14.4 Å². The van der Waals surface area contributed by atoms with Gasteiger partial charge in [0, 0.05) is 16.3 Å². The minimum absolute atomic E-state index is 0.119. The molecular weight excluding hydrogens is 348 g/mol. The third kappa shape index (κ3) is 4.95. The van der Waals surface area contributed by atoms with Gasteiger partial charge in [-0.05, 0) is 42.5 Å². The summed E-state index contributed by atoms with van der Waals surface area (Å²) in [5.41, 5.74) is 6.00. The maximum atomic E-state index is 12.1. The summed E-state index contributed by atoms with van der Waals surface area (Å²) < 4.78 is 10.0. The lowest BCUT2D eigenvalue weighted by Crippen LogP contribution is -2.21. The Morgan fingerprint density at radius 3 is 2.40 bits per heavy atom. The molecule has 130 valence electrons. The molecule has 0 heterocycles. The molecule has 3 N–H and O–H groups in total. The number of hydrogen-bond acceptors (Lipinski definition) is 5. The maximum absolute atomic E-state index is 12.1. The molecule has 0 saturated heterocycles. The van der Waals surface area contributed by atoms with Gasteiger partial charge >= 0.3 is 5.97 Å². The van der Waals surface area contributed by atoms with E-state index in [0.717, 1.165) is 0 Å². The van der Waals surface area contributed by atoms with Crippen molar-refractivity contribution in [2.45, 2.75) is 0 Å². The molecule has 7 nitrogen and oxygen atoms in total. The van der Waals surface area contributed by atoms with Crippen molar-refractivity contribution in [2.75, 3.05) is 19.0 Å². The van der Waals surface area contributed by atoms with E-state index in [2.05, 4.69) is 5.32 Å². The zero-order valence-electron chi connectivity index (χ0n) is 13.2. The summed E-state index contributed by atoms with van der Waals surface area (Å²) >= 11 is 5.85. The standard InChI is InChI=1S/C17H15ClN2O5/c1-24-14-7-4-11(18)8-13(14)17(23)25-9-15(21)20-12-5-2-10(3-6-12)16(19)22/h2-8H,9H2,1H3,(H2,19,22)(H,20,21). The fourth-order valence-electron chi connectivity index (χ4n) is 1.96. The molecule has 0 saturated carbocycles. The molecule has 0 aliphatic rings. The molecular formula is C17H15ClN2O5. The normalized spacial score (nSPS) is 10.0. The molecule has 0 unspecified atom stereocenters. The lowest BCUT2D eigenvalue weighted by atomic mass is 10.2. The predicted octanol–water partition coefficient (Wildman–Crippen LogP) is 2.24. The molecule has 8 heteroatoms.